The van der Waals surface area contributed by atoms with Crippen LogP contribution in [0.25, 0.3) is 10.1 Å². The molecule has 0 saturated carbocycles. The van der Waals surface area contributed by atoms with Crippen LogP contribution in [0.3, 0.4) is 0 Å². The highest BCUT2D eigenvalue weighted by Crippen LogP contribution is 2.26. The molecule has 0 spiro atoms. The van der Waals surface area contributed by atoms with Gasteiger partial charge in [0, 0.05) is 10.3 Å². The number of fused-ring (bicyclic) bond motifs is 1. The molecule has 0 aliphatic rings. The number of aliphatic hydroxyl groups is 1. The molecule has 1 N–H and O–H groups in total. The van der Waals surface area contributed by atoms with Crippen LogP contribution in [0.15, 0.2) is 53.9 Å². The molecule has 0 amide bonds. The quantitative estimate of drug-likeness (QED) is 0.777. The van der Waals surface area contributed by atoms with E-state index in [1.54, 1.807) is 11.3 Å². The van der Waals surface area contributed by atoms with Gasteiger partial charge in [-0.1, -0.05) is 30.3 Å². The summed E-state index contributed by atoms with van der Waals surface area (Å²) < 4.78 is 7.08. The van der Waals surface area contributed by atoms with Crippen LogP contribution in [0.1, 0.15) is 11.1 Å². The summed E-state index contributed by atoms with van der Waals surface area (Å²) in [6.45, 7) is 0.595. The second-order valence-electron chi connectivity index (χ2n) is 4.35. The fraction of sp³-hybridized carbons (Fsp3) is 0.125. The first kappa shape index (κ1) is 12.2. The molecule has 0 bridgehead atoms. The Morgan fingerprint density at radius 1 is 1.05 bits per heavy atom. The van der Waals surface area contributed by atoms with E-state index in [-0.39, 0.29) is 6.61 Å². The zero-order chi connectivity index (χ0) is 13.1. The maximum Gasteiger partial charge on any atom is 0.120 e. The van der Waals surface area contributed by atoms with Crippen LogP contribution in [0.4, 0.5) is 0 Å². The predicted molar refractivity (Wildman–Crippen MR) is 78.5 cm³/mol. The third kappa shape index (κ3) is 2.62. The lowest BCUT2D eigenvalue weighted by molar-refractivity contribution is 0.278. The van der Waals surface area contributed by atoms with Crippen LogP contribution in [0.5, 0.6) is 5.75 Å². The standard InChI is InChI=1S/C16H14O2S/c17-9-12-4-3-5-14(8-12)18-10-13-11-19-16-7-2-1-6-15(13)16/h1-8,11,17H,9-10H2. The Balaban J connectivity index is 1.78. The lowest BCUT2D eigenvalue weighted by Gasteiger charge is -2.06. The summed E-state index contributed by atoms with van der Waals surface area (Å²) in [5, 5.41) is 12.5. The minimum absolute atomic E-state index is 0.0403. The molecule has 0 atom stereocenters. The smallest absolute Gasteiger partial charge is 0.120 e. The van der Waals surface area contributed by atoms with E-state index in [0.29, 0.717) is 6.61 Å². The molecule has 3 heteroatoms. The fourth-order valence-corrected chi connectivity index (χ4v) is 2.99. The number of hydrogen-bond donors (Lipinski definition) is 1. The van der Waals surface area contributed by atoms with Crippen molar-refractivity contribution >= 4 is 21.4 Å². The largest absolute Gasteiger partial charge is 0.489 e. The van der Waals surface area contributed by atoms with Crippen LogP contribution in [0, 0.1) is 0 Å². The van der Waals surface area contributed by atoms with Crippen LogP contribution >= 0.6 is 11.3 Å². The lowest BCUT2D eigenvalue weighted by Crippen LogP contribution is -1.95. The maximum atomic E-state index is 9.10. The summed E-state index contributed by atoms with van der Waals surface area (Å²) >= 11 is 1.74. The minimum Gasteiger partial charge on any atom is -0.489 e. The van der Waals surface area contributed by atoms with Crippen molar-refractivity contribution in [3.05, 3.63) is 65.0 Å². The first-order chi connectivity index (χ1) is 9.36. The second kappa shape index (κ2) is 5.43. The topological polar surface area (TPSA) is 29.5 Å². The highest BCUT2D eigenvalue weighted by Gasteiger charge is 2.04. The Kier molecular flexibility index (Phi) is 3.49. The van der Waals surface area contributed by atoms with E-state index in [0.717, 1.165) is 11.3 Å². The van der Waals surface area contributed by atoms with Gasteiger partial charge in [0.25, 0.3) is 0 Å². The van der Waals surface area contributed by atoms with Gasteiger partial charge in [-0.2, -0.15) is 0 Å². The van der Waals surface area contributed by atoms with Gasteiger partial charge < -0.3 is 9.84 Å². The van der Waals surface area contributed by atoms with Gasteiger partial charge in [0.1, 0.15) is 12.4 Å². The number of thiophene rings is 1. The maximum absolute atomic E-state index is 9.10. The molecule has 19 heavy (non-hydrogen) atoms. The Bertz CT molecular complexity index is 688. The van der Waals surface area contributed by atoms with Crippen molar-refractivity contribution in [3.8, 4) is 5.75 Å². The van der Waals surface area contributed by atoms with Gasteiger partial charge >= 0.3 is 0 Å². The normalized spacial score (nSPS) is 10.8. The third-order valence-electron chi connectivity index (χ3n) is 3.04. The average molecular weight is 270 g/mol. The van der Waals surface area contributed by atoms with E-state index in [9.17, 15) is 0 Å². The van der Waals surface area contributed by atoms with Gasteiger partial charge in [0.2, 0.25) is 0 Å². The Morgan fingerprint density at radius 3 is 2.84 bits per heavy atom. The fourth-order valence-electron chi connectivity index (χ4n) is 2.04. The Labute approximate surface area is 115 Å². The van der Waals surface area contributed by atoms with E-state index < -0.39 is 0 Å². The number of hydrogen-bond acceptors (Lipinski definition) is 3. The summed E-state index contributed by atoms with van der Waals surface area (Å²) in [5.74, 6) is 0.793. The molecular weight excluding hydrogens is 256 g/mol. The van der Waals surface area contributed by atoms with Crippen molar-refractivity contribution in [2.24, 2.45) is 0 Å². The van der Waals surface area contributed by atoms with Gasteiger partial charge in [-0.25, -0.2) is 0 Å². The average Bonchev–Trinajstić information content (AvgIpc) is 2.89. The third-order valence-corrected chi connectivity index (χ3v) is 4.05. The molecule has 1 aromatic heterocycles. The summed E-state index contributed by atoms with van der Waals surface area (Å²) in [5.41, 5.74) is 2.07. The molecule has 0 saturated heterocycles. The first-order valence-corrected chi connectivity index (χ1v) is 7.02. The van der Waals surface area contributed by atoms with E-state index in [2.05, 4.69) is 17.5 Å². The van der Waals surface area contributed by atoms with Crippen molar-refractivity contribution in [2.75, 3.05) is 0 Å². The predicted octanol–water partition coefficient (Wildman–Crippen LogP) is 3.97. The Hall–Kier alpha value is -1.84. The number of benzene rings is 2. The number of aliphatic hydroxyl groups excluding tert-OH is 1. The highest BCUT2D eigenvalue weighted by molar-refractivity contribution is 7.17. The molecule has 0 aliphatic carbocycles. The van der Waals surface area contributed by atoms with E-state index in [1.165, 1.54) is 15.6 Å². The van der Waals surface area contributed by atoms with E-state index in [1.807, 2.05) is 36.4 Å². The number of ether oxygens (including phenoxy) is 1. The molecule has 3 rings (SSSR count). The van der Waals surface area contributed by atoms with Gasteiger partial charge in [-0.05, 0) is 34.5 Å². The number of rotatable bonds is 4. The van der Waals surface area contributed by atoms with Crippen molar-refractivity contribution < 1.29 is 9.84 Å². The van der Waals surface area contributed by atoms with Gasteiger partial charge in [0.15, 0.2) is 0 Å². The second-order valence-corrected chi connectivity index (χ2v) is 5.26. The summed E-state index contributed by atoms with van der Waals surface area (Å²) in [6.07, 6.45) is 0. The molecule has 2 aromatic carbocycles. The summed E-state index contributed by atoms with van der Waals surface area (Å²) in [4.78, 5) is 0. The highest BCUT2D eigenvalue weighted by atomic mass is 32.1. The Morgan fingerprint density at radius 2 is 1.95 bits per heavy atom. The van der Waals surface area contributed by atoms with Gasteiger partial charge in [-0.15, -0.1) is 11.3 Å². The summed E-state index contributed by atoms with van der Waals surface area (Å²) in [7, 11) is 0. The SMILES string of the molecule is OCc1cccc(OCc2csc3ccccc23)c1. The van der Waals surface area contributed by atoms with Crippen molar-refractivity contribution in [1.82, 2.24) is 0 Å². The molecule has 2 nitrogen and oxygen atoms in total. The molecule has 1 heterocycles. The molecule has 96 valence electrons. The van der Waals surface area contributed by atoms with Crippen molar-refractivity contribution in [2.45, 2.75) is 13.2 Å². The molecule has 0 radical (unpaired) electrons. The van der Waals surface area contributed by atoms with Crippen molar-refractivity contribution in [3.63, 3.8) is 0 Å². The molecule has 0 unspecified atom stereocenters. The molecule has 0 fully saturated rings. The molecular formula is C16H14O2S. The molecule has 3 aromatic rings. The van der Waals surface area contributed by atoms with Crippen LogP contribution in [-0.2, 0) is 13.2 Å². The molecule has 0 aliphatic heterocycles. The van der Waals surface area contributed by atoms with Crippen LogP contribution in [0.2, 0.25) is 0 Å². The zero-order valence-corrected chi connectivity index (χ0v) is 11.2. The van der Waals surface area contributed by atoms with Crippen LogP contribution in [-0.4, -0.2) is 5.11 Å². The van der Waals surface area contributed by atoms with E-state index >= 15 is 0 Å². The van der Waals surface area contributed by atoms with Gasteiger partial charge in [-0.3, -0.25) is 0 Å². The van der Waals surface area contributed by atoms with Gasteiger partial charge in [0.05, 0.1) is 6.61 Å². The zero-order valence-electron chi connectivity index (χ0n) is 10.4. The lowest BCUT2D eigenvalue weighted by atomic mass is 10.2. The van der Waals surface area contributed by atoms with E-state index in [4.69, 9.17) is 9.84 Å². The van der Waals surface area contributed by atoms with Crippen molar-refractivity contribution in [1.29, 1.82) is 0 Å². The summed E-state index contributed by atoms with van der Waals surface area (Å²) in [6, 6.07) is 15.9. The first-order valence-electron chi connectivity index (χ1n) is 6.14. The minimum atomic E-state index is 0.0403. The monoisotopic (exact) mass is 270 g/mol. The van der Waals surface area contributed by atoms with Crippen LogP contribution < -0.4 is 4.74 Å².